The van der Waals surface area contributed by atoms with Gasteiger partial charge in [-0.25, -0.2) is 0 Å². The predicted octanol–water partition coefficient (Wildman–Crippen LogP) is 4.31. The molecule has 0 bridgehead atoms. The van der Waals surface area contributed by atoms with Crippen LogP contribution in [0.15, 0.2) is 54.6 Å². The van der Waals surface area contributed by atoms with Gasteiger partial charge in [0, 0.05) is 0 Å². The molecule has 0 spiro atoms. The first kappa shape index (κ1) is 16.0. The van der Waals surface area contributed by atoms with E-state index in [1.807, 2.05) is 75.4 Å². The average molecular weight is 270 g/mol. The van der Waals surface area contributed by atoms with Crippen molar-refractivity contribution >= 4 is 5.97 Å². The molecule has 2 aromatic carbocycles. The van der Waals surface area contributed by atoms with Gasteiger partial charge in [0.1, 0.15) is 6.61 Å². The molecule has 0 aliphatic heterocycles. The number of hydrogen-bond acceptors (Lipinski definition) is 2. The van der Waals surface area contributed by atoms with Crippen molar-refractivity contribution < 1.29 is 9.53 Å². The number of ether oxygens (including phenoxy) is 1. The maximum absolute atomic E-state index is 11.7. The molecule has 106 valence electrons. The van der Waals surface area contributed by atoms with Crippen LogP contribution in [0.2, 0.25) is 0 Å². The van der Waals surface area contributed by atoms with E-state index in [9.17, 15) is 4.79 Å². The van der Waals surface area contributed by atoms with Crippen molar-refractivity contribution in [3.8, 4) is 0 Å². The van der Waals surface area contributed by atoms with Crippen molar-refractivity contribution in [2.24, 2.45) is 0 Å². The van der Waals surface area contributed by atoms with Crippen molar-refractivity contribution in [2.75, 3.05) is 0 Å². The van der Waals surface area contributed by atoms with E-state index in [4.69, 9.17) is 4.74 Å². The summed E-state index contributed by atoms with van der Waals surface area (Å²) in [4.78, 5) is 11.7. The van der Waals surface area contributed by atoms with E-state index in [2.05, 4.69) is 0 Å². The zero-order chi connectivity index (χ0) is 14.8. The molecule has 2 aromatic rings. The SMILES string of the molecule is CC.Cc1cccc(CC(=O)OCc2ccccc2)c1. The second-order valence-corrected chi connectivity index (χ2v) is 4.31. The largest absolute Gasteiger partial charge is 0.461 e. The third-order valence-corrected chi connectivity index (χ3v) is 2.67. The van der Waals surface area contributed by atoms with E-state index >= 15 is 0 Å². The molecule has 0 amide bonds. The fourth-order valence-corrected chi connectivity index (χ4v) is 1.78. The summed E-state index contributed by atoms with van der Waals surface area (Å²) in [6, 6.07) is 17.6. The fraction of sp³-hybridized carbons (Fsp3) is 0.278. The van der Waals surface area contributed by atoms with E-state index in [1.165, 1.54) is 0 Å². The van der Waals surface area contributed by atoms with Gasteiger partial charge in [-0.3, -0.25) is 4.79 Å². The molecule has 0 heterocycles. The third-order valence-electron chi connectivity index (χ3n) is 2.67. The lowest BCUT2D eigenvalue weighted by Gasteiger charge is -2.05. The summed E-state index contributed by atoms with van der Waals surface area (Å²) in [5, 5.41) is 0. The molecular weight excluding hydrogens is 248 g/mol. The minimum absolute atomic E-state index is 0.190. The second kappa shape index (κ2) is 8.92. The van der Waals surface area contributed by atoms with Crippen molar-refractivity contribution in [1.29, 1.82) is 0 Å². The summed E-state index contributed by atoms with van der Waals surface area (Å²) in [5.74, 6) is -0.190. The monoisotopic (exact) mass is 270 g/mol. The van der Waals surface area contributed by atoms with E-state index in [0.29, 0.717) is 13.0 Å². The molecule has 20 heavy (non-hydrogen) atoms. The highest BCUT2D eigenvalue weighted by molar-refractivity contribution is 5.72. The van der Waals surface area contributed by atoms with Gasteiger partial charge in [0.25, 0.3) is 0 Å². The first-order valence-corrected chi connectivity index (χ1v) is 6.99. The molecule has 2 heteroatoms. The molecule has 0 saturated carbocycles. The molecule has 2 rings (SSSR count). The van der Waals surface area contributed by atoms with E-state index in [-0.39, 0.29) is 5.97 Å². The highest BCUT2D eigenvalue weighted by Crippen LogP contribution is 2.07. The third kappa shape index (κ3) is 5.70. The quantitative estimate of drug-likeness (QED) is 0.774. The lowest BCUT2D eigenvalue weighted by Crippen LogP contribution is -2.08. The van der Waals surface area contributed by atoms with Crippen LogP contribution in [-0.4, -0.2) is 5.97 Å². The summed E-state index contributed by atoms with van der Waals surface area (Å²) >= 11 is 0. The maximum atomic E-state index is 11.7. The molecule has 0 radical (unpaired) electrons. The Morgan fingerprint density at radius 3 is 2.25 bits per heavy atom. The van der Waals surface area contributed by atoms with Gasteiger partial charge in [-0.2, -0.15) is 0 Å². The van der Waals surface area contributed by atoms with Gasteiger partial charge >= 0.3 is 5.97 Å². The summed E-state index contributed by atoms with van der Waals surface area (Å²) in [6.07, 6.45) is 0.328. The van der Waals surface area contributed by atoms with Crippen LogP contribution in [0, 0.1) is 6.92 Å². The first-order chi connectivity index (χ1) is 9.74. The van der Waals surface area contributed by atoms with E-state index in [0.717, 1.165) is 16.7 Å². The molecule has 0 fully saturated rings. The van der Waals surface area contributed by atoms with Gasteiger partial charge < -0.3 is 4.74 Å². The van der Waals surface area contributed by atoms with Crippen LogP contribution in [0.1, 0.15) is 30.5 Å². The number of benzene rings is 2. The van der Waals surface area contributed by atoms with Crippen molar-refractivity contribution in [2.45, 2.75) is 33.8 Å². The highest BCUT2D eigenvalue weighted by Gasteiger charge is 2.05. The molecule has 0 aliphatic rings. The van der Waals surface area contributed by atoms with Gasteiger partial charge in [-0.05, 0) is 18.1 Å². The van der Waals surface area contributed by atoms with Crippen LogP contribution in [0.5, 0.6) is 0 Å². The smallest absolute Gasteiger partial charge is 0.310 e. The summed E-state index contributed by atoms with van der Waals surface area (Å²) < 4.78 is 5.23. The molecule has 0 unspecified atom stereocenters. The van der Waals surface area contributed by atoms with Crippen molar-refractivity contribution in [3.05, 3.63) is 71.3 Å². The molecule has 0 aliphatic carbocycles. The second-order valence-electron chi connectivity index (χ2n) is 4.31. The zero-order valence-electron chi connectivity index (χ0n) is 12.4. The number of carbonyl (C=O) groups excluding carboxylic acids is 1. The first-order valence-electron chi connectivity index (χ1n) is 6.99. The molecule has 0 aromatic heterocycles. The lowest BCUT2D eigenvalue weighted by atomic mass is 10.1. The predicted molar refractivity (Wildman–Crippen MR) is 82.5 cm³/mol. The summed E-state index contributed by atoms with van der Waals surface area (Å²) in [5.41, 5.74) is 3.16. The van der Waals surface area contributed by atoms with Crippen LogP contribution in [0.25, 0.3) is 0 Å². The number of hydrogen-bond donors (Lipinski definition) is 0. The molecule has 2 nitrogen and oxygen atoms in total. The maximum Gasteiger partial charge on any atom is 0.310 e. The minimum Gasteiger partial charge on any atom is -0.461 e. The van der Waals surface area contributed by atoms with Crippen LogP contribution in [0.3, 0.4) is 0 Å². The number of esters is 1. The standard InChI is InChI=1S/C16H16O2.C2H6/c1-13-6-5-9-15(10-13)11-16(17)18-12-14-7-3-2-4-8-14;1-2/h2-10H,11-12H2,1H3;1-2H3. The zero-order valence-corrected chi connectivity index (χ0v) is 12.4. The highest BCUT2D eigenvalue weighted by atomic mass is 16.5. The van der Waals surface area contributed by atoms with Crippen LogP contribution in [-0.2, 0) is 22.6 Å². The number of carbonyl (C=O) groups is 1. The van der Waals surface area contributed by atoms with Gasteiger partial charge in [-0.15, -0.1) is 0 Å². The normalized spacial score (nSPS) is 9.35. The van der Waals surface area contributed by atoms with E-state index in [1.54, 1.807) is 0 Å². The van der Waals surface area contributed by atoms with Gasteiger partial charge in [0.2, 0.25) is 0 Å². The van der Waals surface area contributed by atoms with Crippen molar-refractivity contribution in [3.63, 3.8) is 0 Å². The van der Waals surface area contributed by atoms with E-state index < -0.39 is 0 Å². The Labute approximate surface area is 121 Å². The Hall–Kier alpha value is -2.09. The Morgan fingerprint density at radius 1 is 0.950 bits per heavy atom. The molecule has 0 N–H and O–H groups in total. The molecular formula is C18H22O2. The summed E-state index contributed by atoms with van der Waals surface area (Å²) in [6.45, 7) is 6.35. The lowest BCUT2D eigenvalue weighted by molar-refractivity contribution is -0.144. The fourth-order valence-electron chi connectivity index (χ4n) is 1.78. The average Bonchev–Trinajstić information content (AvgIpc) is 2.48. The Balaban J connectivity index is 0.000000956. The van der Waals surface area contributed by atoms with Gasteiger partial charge in [0.05, 0.1) is 6.42 Å². The Kier molecular flexibility index (Phi) is 7.12. The Morgan fingerprint density at radius 2 is 1.60 bits per heavy atom. The van der Waals surface area contributed by atoms with Crippen LogP contribution in [0.4, 0.5) is 0 Å². The molecule has 0 atom stereocenters. The number of aryl methyl sites for hydroxylation is 1. The molecule has 0 saturated heterocycles. The number of rotatable bonds is 4. The topological polar surface area (TPSA) is 26.3 Å². The van der Waals surface area contributed by atoms with Gasteiger partial charge in [0.15, 0.2) is 0 Å². The van der Waals surface area contributed by atoms with Crippen LogP contribution >= 0.6 is 0 Å². The van der Waals surface area contributed by atoms with Crippen LogP contribution < -0.4 is 0 Å². The van der Waals surface area contributed by atoms with Gasteiger partial charge in [-0.1, -0.05) is 74.0 Å². The minimum atomic E-state index is -0.190. The van der Waals surface area contributed by atoms with Crippen molar-refractivity contribution in [1.82, 2.24) is 0 Å². The summed E-state index contributed by atoms with van der Waals surface area (Å²) in [7, 11) is 0. The Bertz CT molecular complexity index is 518.